The third-order valence-corrected chi connectivity index (χ3v) is 7.49. The Bertz CT molecular complexity index is 1510. The minimum Gasteiger partial charge on any atom is -0.490 e. The molecule has 1 saturated heterocycles. The summed E-state index contributed by atoms with van der Waals surface area (Å²) in [4.78, 5) is 36.3. The Morgan fingerprint density at radius 1 is 0.973 bits per heavy atom. The highest BCUT2D eigenvalue weighted by molar-refractivity contribution is 8.18. The molecule has 0 saturated carbocycles. The number of nitrogens with zero attached hydrogens (tertiary/aromatic N) is 2. The van der Waals surface area contributed by atoms with Crippen molar-refractivity contribution < 1.29 is 31.9 Å². The van der Waals surface area contributed by atoms with E-state index in [9.17, 15) is 28.1 Å². The molecule has 37 heavy (non-hydrogen) atoms. The van der Waals surface area contributed by atoms with Gasteiger partial charge in [0, 0.05) is 17.7 Å². The highest BCUT2D eigenvalue weighted by atomic mass is 35.5. The van der Waals surface area contributed by atoms with Gasteiger partial charge in [-0.1, -0.05) is 41.9 Å². The molecule has 0 aliphatic carbocycles. The summed E-state index contributed by atoms with van der Waals surface area (Å²) in [7, 11) is -4.34. The number of rotatable bonds is 9. The monoisotopic (exact) mass is 560 g/mol. The zero-order valence-corrected chi connectivity index (χ0v) is 21.2. The molecule has 0 radical (unpaired) electrons. The molecular weight excluding hydrogens is 544 g/mol. The minimum absolute atomic E-state index is 0.0140. The van der Waals surface area contributed by atoms with Gasteiger partial charge < -0.3 is 8.92 Å². The van der Waals surface area contributed by atoms with Gasteiger partial charge in [0.05, 0.1) is 21.4 Å². The number of carbonyl (C=O) groups is 2. The second kappa shape index (κ2) is 11.0. The number of nitro benzene ring substituents is 1. The van der Waals surface area contributed by atoms with Crippen molar-refractivity contribution in [3.8, 4) is 11.5 Å². The van der Waals surface area contributed by atoms with Crippen LogP contribution < -0.4 is 8.92 Å². The van der Waals surface area contributed by atoms with Gasteiger partial charge in [-0.15, -0.1) is 0 Å². The van der Waals surface area contributed by atoms with E-state index in [4.69, 9.17) is 20.5 Å². The van der Waals surface area contributed by atoms with Crippen LogP contribution in [0.2, 0.25) is 5.02 Å². The third-order valence-electron chi connectivity index (χ3n) is 5.02. The summed E-state index contributed by atoms with van der Waals surface area (Å²) in [6.07, 6.45) is 1.36. The Balaban J connectivity index is 1.49. The average Bonchev–Trinajstić information content (AvgIpc) is 3.13. The predicted octanol–water partition coefficient (Wildman–Crippen LogP) is 5.13. The molecule has 3 aromatic carbocycles. The summed E-state index contributed by atoms with van der Waals surface area (Å²) >= 11 is 6.74. The number of para-hydroxylation sites is 2. The highest BCUT2D eigenvalue weighted by Gasteiger charge is 2.35. The van der Waals surface area contributed by atoms with Gasteiger partial charge in [0.25, 0.3) is 16.8 Å². The SMILES string of the molecule is O=C1S/C(=C\c2ccccc2OS(=O)(=O)c2ccc([N+](=O)[O-])cc2)C(=O)N1CCOc1ccccc1Cl. The predicted molar refractivity (Wildman–Crippen MR) is 137 cm³/mol. The van der Waals surface area contributed by atoms with Crippen molar-refractivity contribution in [1.82, 2.24) is 4.90 Å². The Morgan fingerprint density at radius 3 is 2.30 bits per heavy atom. The topological polar surface area (TPSA) is 133 Å². The number of hydrogen-bond acceptors (Lipinski definition) is 9. The molecule has 0 spiro atoms. The number of carbonyl (C=O) groups excluding carboxylic acids is 2. The molecule has 0 N–H and O–H groups in total. The first-order valence-electron chi connectivity index (χ1n) is 10.6. The van der Waals surface area contributed by atoms with Gasteiger partial charge >= 0.3 is 10.1 Å². The summed E-state index contributed by atoms with van der Waals surface area (Å²) < 4.78 is 36.3. The van der Waals surface area contributed by atoms with E-state index in [1.165, 1.54) is 24.3 Å². The van der Waals surface area contributed by atoms with Crippen LogP contribution in [0.25, 0.3) is 6.08 Å². The molecule has 1 fully saturated rings. The van der Waals surface area contributed by atoms with Crippen LogP contribution in [0, 0.1) is 10.1 Å². The lowest BCUT2D eigenvalue weighted by Gasteiger charge is -2.13. The van der Waals surface area contributed by atoms with Crippen LogP contribution in [0.3, 0.4) is 0 Å². The Labute approximate surface area is 220 Å². The molecule has 0 aromatic heterocycles. The van der Waals surface area contributed by atoms with Gasteiger partial charge in [0.2, 0.25) is 0 Å². The molecule has 13 heteroatoms. The zero-order valence-electron chi connectivity index (χ0n) is 18.8. The van der Waals surface area contributed by atoms with Crippen molar-refractivity contribution in [3.05, 3.63) is 98.4 Å². The maximum absolute atomic E-state index is 12.9. The summed E-state index contributed by atoms with van der Waals surface area (Å²) in [6, 6.07) is 17.1. The van der Waals surface area contributed by atoms with Crippen molar-refractivity contribution >= 4 is 56.4 Å². The normalized spacial score (nSPS) is 14.7. The average molecular weight is 561 g/mol. The Kier molecular flexibility index (Phi) is 7.81. The number of ether oxygens (including phenoxy) is 1. The van der Waals surface area contributed by atoms with Crippen LogP contribution in [-0.2, 0) is 14.9 Å². The van der Waals surface area contributed by atoms with Crippen molar-refractivity contribution in [2.75, 3.05) is 13.2 Å². The van der Waals surface area contributed by atoms with E-state index in [2.05, 4.69) is 0 Å². The van der Waals surface area contributed by atoms with Gasteiger partial charge in [-0.25, -0.2) is 0 Å². The van der Waals surface area contributed by atoms with E-state index >= 15 is 0 Å². The number of imide groups is 1. The van der Waals surface area contributed by atoms with Gasteiger partial charge in [-0.2, -0.15) is 8.42 Å². The Hall–Kier alpha value is -3.87. The lowest BCUT2D eigenvalue weighted by Crippen LogP contribution is -2.32. The number of thioether (sulfide) groups is 1. The van der Waals surface area contributed by atoms with E-state index in [-0.39, 0.29) is 40.0 Å². The molecule has 0 unspecified atom stereocenters. The maximum atomic E-state index is 12.9. The number of amides is 2. The van der Waals surface area contributed by atoms with E-state index in [1.54, 1.807) is 30.3 Å². The van der Waals surface area contributed by atoms with Crippen molar-refractivity contribution in [3.63, 3.8) is 0 Å². The molecule has 0 bridgehead atoms. The smallest absolute Gasteiger partial charge is 0.339 e. The third kappa shape index (κ3) is 6.10. The number of non-ortho nitro benzene ring substituents is 1. The van der Waals surface area contributed by atoms with Gasteiger partial charge in [-0.3, -0.25) is 24.6 Å². The van der Waals surface area contributed by atoms with Gasteiger partial charge in [0.1, 0.15) is 23.0 Å². The summed E-state index contributed by atoms with van der Waals surface area (Å²) in [5.41, 5.74) is -0.0295. The lowest BCUT2D eigenvalue weighted by atomic mass is 10.2. The number of nitro groups is 1. The molecular formula is C24H17ClN2O8S2. The van der Waals surface area contributed by atoms with Crippen molar-refractivity contribution in [1.29, 1.82) is 0 Å². The van der Waals surface area contributed by atoms with Crippen LogP contribution in [0.4, 0.5) is 10.5 Å². The van der Waals surface area contributed by atoms with Crippen LogP contribution in [0.5, 0.6) is 11.5 Å². The standard InChI is InChI=1S/C24H17ClN2O8S2/c25-19-6-2-4-8-21(19)34-14-13-26-23(28)22(36-24(26)29)15-16-5-1-3-7-20(16)35-37(32,33)18-11-9-17(10-12-18)27(30)31/h1-12,15H,13-14H2/b22-15-. The molecule has 4 rings (SSSR count). The van der Waals surface area contributed by atoms with Crippen molar-refractivity contribution in [2.45, 2.75) is 4.90 Å². The summed E-state index contributed by atoms with van der Waals surface area (Å²) in [6.45, 7) is 0.0160. The fraction of sp³-hybridized carbons (Fsp3) is 0.0833. The second-order valence-corrected chi connectivity index (χ2v) is 10.4. The number of benzene rings is 3. The summed E-state index contributed by atoms with van der Waals surface area (Å²) in [5.74, 6) is -0.229. The molecule has 190 valence electrons. The molecule has 1 heterocycles. The molecule has 2 amide bonds. The molecule has 1 aliphatic rings. The van der Waals surface area contributed by atoms with E-state index in [1.807, 2.05) is 0 Å². The van der Waals surface area contributed by atoms with Crippen LogP contribution in [0.1, 0.15) is 5.56 Å². The maximum Gasteiger partial charge on any atom is 0.339 e. The number of halogens is 1. The van der Waals surface area contributed by atoms with Crippen LogP contribution in [0.15, 0.2) is 82.6 Å². The van der Waals surface area contributed by atoms with E-state index in [0.29, 0.717) is 22.5 Å². The Morgan fingerprint density at radius 2 is 1.62 bits per heavy atom. The molecule has 10 nitrogen and oxygen atoms in total. The quantitative estimate of drug-likeness (QED) is 0.151. The van der Waals surface area contributed by atoms with Gasteiger partial charge in [-0.05, 0) is 48.2 Å². The van der Waals surface area contributed by atoms with Crippen LogP contribution in [-0.4, -0.2) is 42.5 Å². The first kappa shape index (κ1) is 26.2. The zero-order chi connectivity index (χ0) is 26.6. The largest absolute Gasteiger partial charge is 0.490 e. The fourth-order valence-electron chi connectivity index (χ4n) is 3.22. The lowest BCUT2D eigenvalue weighted by molar-refractivity contribution is -0.384. The van der Waals surface area contributed by atoms with E-state index in [0.717, 1.165) is 29.2 Å². The molecule has 1 aliphatic heterocycles. The summed E-state index contributed by atoms with van der Waals surface area (Å²) in [5, 5.41) is 10.7. The molecule has 0 atom stereocenters. The minimum atomic E-state index is -4.34. The fourth-order valence-corrected chi connectivity index (χ4v) is 5.22. The molecule has 3 aromatic rings. The van der Waals surface area contributed by atoms with E-state index < -0.39 is 26.2 Å². The highest BCUT2D eigenvalue weighted by Crippen LogP contribution is 2.34. The number of hydrogen-bond donors (Lipinski definition) is 0. The van der Waals surface area contributed by atoms with Gasteiger partial charge in [0.15, 0.2) is 0 Å². The first-order chi connectivity index (χ1) is 17.7. The second-order valence-electron chi connectivity index (χ2n) is 7.44. The van der Waals surface area contributed by atoms with Crippen molar-refractivity contribution in [2.24, 2.45) is 0 Å². The first-order valence-corrected chi connectivity index (χ1v) is 13.2. The van der Waals surface area contributed by atoms with Crippen LogP contribution >= 0.6 is 23.4 Å².